The van der Waals surface area contributed by atoms with E-state index in [2.05, 4.69) is 38.3 Å². The molecule has 3 heteroatoms. The zero-order valence-corrected chi connectivity index (χ0v) is 10.6. The van der Waals surface area contributed by atoms with Gasteiger partial charge in [-0.05, 0) is 29.5 Å². The maximum atomic E-state index is 5.60. The highest BCUT2D eigenvalue weighted by Gasteiger charge is 2.23. The summed E-state index contributed by atoms with van der Waals surface area (Å²) in [4.78, 5) is 0. The molecule has 0 saturated heterocycles. The van der Waals surface area contributed by atoms with E-state index in [4.69, 9.17) is 10.6 Å². The van der Waals surface area contributed by atoms with Crippen molar-refractivity contribution in [1.82, 2.24) is 5.43 Å². The van der Waals surface area contributed by atoms with Gasteiger partial charge in [-0.2, -0.15) is 0 Å². The smallest absolute Gasteiger partial charge is 0.119 e. The molecule has 0 bridgehead atoms. The molecular formula is C13H22N2O. The second-order valence-electron chi connectivity index (χ2n) is 5.14. The molecule has 3 N–H and O–H groups in total. The van der Waals surface area contributed by atoms with Gasteiger partial charge in [-0.3, -0.25) is 11.3 Å². The molecular weight excluding hydrogens is 200 g/mol. The van der Waals surface area contributed by atoms with Crippen molar-refractivity contribution in [1.29, 1.82) is 0 Å². The molecule has 0 saturated carbocycles. The SMILES string of the molecule is COc1cccc(CC(NN)C(C)(C)C)c1. The van der Waals surface area contributed by atoms with Crippen LogP contribution in [0.3, 0.4) is 0 Å². The van der Waals surface area contributed by atoms with Crippen molar-refractivity contribution < 1.29 is 4.74 Å². The number of nitrogens with two attached hydrogens (primary N) is 1. The minimum atomic E-state index is 0.137. The Bertz CT molecular complexity index is 331. The van der Waals surface area contributed by atoms with Crippen LogP contribution in [-0.4, -0.2) is 13.2 Å². The molecule has 3 nitrogen and oxygen atoms in total. The van der Waals surface area contributed by atoms with E-state index in [0.717, 1.165) is 12.2 Å². The van der Waals surface area contributed by atoms with E-state index in [1.165, 1.54) is 5.56 Å². The Morgan fingerprint density at radius 1 is 1.38 bits per heavy atom. The number of benzene rings is 1. The van der Waals surface area contributed by atoms with E-state index in [9.17, 15) is 0 Å². The van der Waals surface area contributed by atoms with Gasteiger partial charge >= 0.3 is 0 Å². The summed E-state index contributed by atoms with van der Waals surface area (Å²) in [6.45, 7) is 6.53. The maximum absolute atomic E-state index is 5.60. The minimum absolute atomic E-state index is 0.137. The van der Waals surface area contributed by atoms with Gasteiger partial charge in [-0.1, -0.05) is 32.9 Å². The number of rotatable bonds is 4. The lowest BCUT2D eigenvalue weighted by atomic mass is 9.83. The molecule has 0 amide bonds. The Kier molecular flexibility index (Phi) is 4.33. The molecule has 1 unspecified atom stereocenters. The number of methoxy groups -OCH3 is 1. The summed E-state index contributed by atoms with van der Waals surface area (Å²) in [6, 6.07) is 8.35. The van der Waals surface area contributed by atoms with Crippen LogP contribution in [0.4, 0.5) is 0 Å². The number of hydrogen-bond donors (Lipinski definition) is 2. The number of hydrogen-bond acceptors (Lipinski definition) is 3. The molecule has 90 valence electrons. The van der Waals surface area contributed by atoms with Gasteiger partial charge in [-0.15, -0.1) is 0 Å². The average Bonchev–Trinajstić information content (AvgIpc) is 2.24. The van der Waals surface area contributed by atoms with E-state index in [1.54, 1.807) is 7.11 Å². The Balaban J connectivity index is 2.78. The van der Waals surface area contributed by atoms with E-state index in [0.29, 0.717) is 0 Å². The Hall–Kier alpha value is -1.06. The van der Waals surface area contributed by atoms with Crippen LogP contribution < -0.4 is 16.0 Å². The Morgan fingerprint density at radius 3 is 2.56 bits per heavy atom. The summed E-state index contributed by atoms with van der Waals surface area (Å²) in [5, 5.41) is 0. The summed E-state index contributed by atoms with van der Waals surface area (Å²) in [7, 11) is 1.68. The predicted molar refractivity (Wildman–Crippen MR) is 67.3 cm³/mol. The second kappa shape index (κ2) is 5.32. The first kappa shape index (κ1) is 13.0. The van der Waals surface area contributed by atoms with Crippen molar-refractivity contribution >= 4 is 0 Å². The van der Waals surface area contributed by atoms with Crippen LogP contribution >= 0.6 is 0 Å². The van der Waals surface area contributed by atoms with Gasteiger partial charge in [0.05, 0.1) is 7.11 Å². The summed E-state index contributed by atoms with van der Waals surface area (Å²) in [5.74, 6) is 6.49. The molecule has 0 aliphatic rings. The largest absolute Gasteiger partial charge is 0.497 e. The highest BCUT2D eigenvalue weighted by Crippen LogP contribution is 2.23. The fraction of sp³-hybridized carbons (Fsp3) is 0.538. The zero-order valence-electron chi connectivity index (χ0n) is 10.6. The van der Waals surface area contributed by atoms with E-state index >= 15 is 0 Å². The normalized spacial score (nSPS) is 13.6. The molecule has 0 heterocycles. The maximum Gasteiger partial charge on any atom is 0.119 e. The van der Waals surface area contributed by atoms with Crippen molar-refractivity contribution in [3.05, 3.63) is 29.8 Å². The first-order valence-electron chi connectivity index (χ1n) is 5.56. The van der Waals surface area contributed by atoms with Crippen molar-refractivity contribution in [2.75, 3.05) is 7.11 Å². The quantitative estimate of drug-likeness (QED) is 0.606. The van der Waals surface area contributed by atoms with E-state index < -0.39 is 0 Å². The van der Waals surface area contributed by atoms with Gasteiger partial charge in [0.1, 0.15) is 5.75 Å². The zero-order chi connectivity index (χ0) is 12.2. The molecule has 0 aliphatic heterocycles. The topological polar surface area (TPSA) is 47.3 Å². The van der Waals surface area contributed by atoms with Gasteiger partial charge in [-0.25, -0.2) is 0 Å². The monoisotopic (exact) mass is 222 g/mol. The molecule has 16 heavy (non-hydrogen) atoms. The van der Waals surface area contributed by atoms with E-state index in [1.807, 2.05) is 12.1 Å². The Labute approximate surface area is 98.0 Å². The van der Waals surface area contributed by atoms with Crippen LogP contribution in [0.2, 0.25) is 0 Å². The summed E-state index contributed by atoms with van der Waals surface area (Å²) in [6.07, 6.45) is 0.900. The second-order valence-corrected chi connectivity index (χ2v) is 5.14. The number of nitrogens with one attached hydrogen (secondary N) is 1. The highest BCUT2D eigenvalue weighted by atomic mass is 16.5. The fourth-order valence-electron chi connectivity index (χ4n) is 1.65. The lowest BCUT2D eigenvalue weighted by Gasteiger charge is -2.30. The molecule has 1 rings (SSSR count). The van der Waals surface area contributed by atoms with E-state index in [-0.39, 0.29) is 11.5 Å². The van der Waals surface area contributed by atoms with Gasteiger partial charge in [0.15, 0.2) is 0 Å². The third-order valence-corrected chi connectivity index (χ3v) is 2.82. The van der Waals surface area contributed by atoms with Crippen LogP contribution in [0, 0.1) is 5.41 Å². The lowest BCUT2D eigenvalue weighted by Crippen LogP contribution is -2.45. The van der Waals surface area contributed by atoms with Crippen LogP contribution in [0.5, 0.6) is 5.75 Å². The van der Waals surface area contributed by atoms with Crippen LogP contribution in [0.25, 0.3) is 0 Å². The van der Waals surface area contributed by atoms with Crippen LogP contribution in [0.1, 0.15) is 26.3 Å². The lowest BCUT2D eigenvalue weighted by molar-refractivity contribution is 0.268. The Morgan fingerprint density at radius 2 is 2.06 bits per heavy atom. The number of hydrazine groups is 1. The van der Waals surface area contributed by atoms with Crippen molar-refractivity contribution in [2.24, 2.45) is 11.3 Å². The van der Waals surface area contributed by atoms with Gasteiger partial charge in [0.2, 0.25) is 0 Å². The predicted octanol–water partition coefficient (Wildman–Crippen LogP) is 2.12. The number of ether oxygens (including phenoxy) is 1. The molecule has 0 fully saturated rings. The summed E-state index contributed by atoms with van der Waals surface area (Å²) < 4.78 is 5.20. The fourth-order valence-corrected chi connectivity index (χ4v) is 1.65. The van der Waals surface area contributed by atoms with Gasteiger partial charge in [0.25, 0.3) is 0 Å². The molecule has 1 atom stereocenters. The minimum Gasteiger partial charge on any atom is -0.497 e. The molecule has 0 spiro atoms. The molecule has 0 aliphatic carbocycles. The standard InChI is InChI=1S/C13H22N2O/c1-13(2,3)12(15-14)9-10-6-5-7-11(8-10)16-4/h5-8,12,15H,9,14H2,1-4H3. The summed E-state index contributed by atoms with van der Waals surface area (Å²) >= 11 is 0. The highest BCUT2D eigenvalue weighted by molar-refractivity contribution is 5.29. The van der Waals surface area contributed by atoms with Crippen LogP contribution in [0.15, 0.2) is 24.3 Å². The molecule has 1 aromatic carbocycles. The van der Waals surface area contributed by atoms with Crippen molar-refractivity contribution in [2.45, 2.75) is 33.2 Å². The third-order valence-electron chi connectivity index (χ3n) is 2.82. The van der Waals surface area contributed by atoms with Gasteiger partial charge < -0.3 is 4.74 Å². The van der Waals surface area contributed by atoms with Crippen LogP contribution in [-0.2, 0) is 6.42 Å². The van der Waals surface area contributed by atoms with Crippen molar-refractivity contribution in [3.8, 4) is 5.75 Å². The first-order chi connectivity index (χ1) is 7.47. The molecule has 0 radical (unpaired) electrons. The average molecular weight is 222 g/mol. The summed E-state index contributed by atoms with van der Waals surface area (Å²) in [5.41, 5.74) is 4.26. The third kappa shape index (κ3) is 3.51. The first-order valence-corrected chi connectivity index (χ1v) is 5.56. The van der Waals surface area contributed by atoms with Gasteiger partial charge in [0, 0.05) is 6.04 Å². The molecule has 0 aromatic heterocycles. The molecule has 1 aromatic rings. The van der Waals surface area contributed by atoms with Crippen molar-refractivity contribution in [3.63, 3.8) is 0 Å².